The molecule has 0 bridgehead atoms. The quantitative estimate of drug-likeness (QED) is 0.869. The maximum absolute atomic E-state index is 5.52. The van der Waals surface area contributed by atoms with Gasteiger partial charge in [-0.2, -0.15) is 0 Å². The van der Waals surface area contributed by atoms with Gasteiger partial charge in [0.1, 0.15) is 0 Å². The van der Waals surface area contributed by atoms with Gasteiger partial charge < -0.3 is 10.7 Å². The van der Waals surface area contributed by atoms with Crippen LogP contribution in [0.2, 0.25) is 0 Å². The molecule has 76 valence electrons. The largest absolute Gasteiger partial charge is 0.360 e. The number of benzene rings is 1. The zero-order chi connectivity index (χ0) is 9.26. The normalized spacial score (nSPS) is 10.1. The first-order chi connectivity index (χ1) is 6.33. The van der Waals surface area contributed by atoms with Gasteiger partial charge in [0.2, 0.25) is 0 Å². The number of nitrogens with two attached hydrogens (primary N) is 1. The summed E-state index contributed by atoms with van der Waals surface area (Å²) in [6, 6.07) is 6.19. The Bertz CT molecular complexity index is 425. The van der Waals surface area contributed by atoms with Crippen molar-refractivity contribution >= 4 is 39.2 Å². The minimum absolute atomic E-state index is 0. The Morgan fingerprint density at radius 3 is 2.86 bits per heavy atom. The fourth-order valence-electron chi connectivity index (χ4n) is 1.54. The minimum atomic E-state index is 0. The van der Waals surface area contributed by atoms with Gasteiger partial charge in [0.25, 0.3) is 0 Å². The van der Waals surface area contributed by atoms with Crippen LogP contribution in [0.15, 0.2) is 28.9 Å². The molecule has 3 N–H and O–H groups in total. The van der Waals surface area contributed by atoms with Crippen LogP contribution in [0, 0.1) is 0 Å². The van der Waals surface area contributed by atoms with Crippen molar-refractivity contribution in [2.45, 2.75) is 6.42 Å². The second kappa shape index (κ2) is 4.82. The molecule has 0 saturated heterocycles. The van der Waals surface area contributed by atoms with Crippen LogP contribution in [0.1, 0.15) is 5.56 Å². The summed E-state index contributed by atoms with van der Waals surface area (Å²) in [5.74, 6) is 0. The lowest BCUT2D eigenvalue weighted by molar-refractivity contribution is 0.976. The molecule has 0 aliphatic heterocycles. The van der Waals surface area contributed by atoms with Crippen molar-refractivity contribution in [2.75, 3.05) is 6.54 Å². The summed E-state index contributed by atoms with van der Waals surface area (Å²) in [4.78, 5) is 3.24. The third-order valence-electron chi connectivity index (χ3n) is 2.16. The predicted octanol–water partition coefficient (Wildman–Crippen LogP) is 2.85. The lowest BCUT2D eigenvalue weighted by Crippen LogP contribution is -2.01. The number of halogens is 2. The molecule has 1 heterocycles. The van der Waals surface area contributed by atoms with Crippen LogP contribution in [-0.2, 0) is 6.42 Å². The average Bonchev–Trinajstić information content (AvgIpc) is 2.51. The summed E-state index contributed by atoms with van der Waals surface area (Å²) < 4.78 is 1.10. The van der Waals surface area contributed by atoms with Gasteiger partial charge >= 0.3 is 0 Å². The maximum atomic E-state index is 5.52. The highest BCUT2D eigenvalue weighted by Crippen LogP contribution is 2.25. The number of hydrogen-bond acceptors (Lipinski definition) is 1. The van der Waals surface area contributed by atoms with Crippen LogP contribution in [0.5, 0.6) is 0 Å². The van der Waals surface area contributed by atoms with Gasteiger partial charge in [-0.1, -0.05) is 12.1 Å². The fourth-order valence-corrected chi connectivity index (χ4v) is 2.02. The molecule has 2 rings (SSSR count). The molecule has 0 aliphatic carbocycles. The van der Waals surface area contributed by atoms with E-state index in [1.165, 1.54) is 10.9 Å². The van der Waals surface area contributed by atoms with E-state index in [2.05, 4.69) is 27.0 Å². The lowest BCUT2D eigenvalue weighted by Gasteiger charge is -1.96. The Morgan fingerprint density at radius 1 is 1.36 bits per heavy atom. The number of para-hydroxylation sites is 1. The molecular formula is C10H12BrClN2. The lowest BCUT2D eigenvalue weighted by atomic mass is 10.1. The molecule has 0 spiro atoms. The summed E-state index contributed by atoms with van der Waals surface area (Å²) in [7, 11) is 0. The Kier molecular flexibility index (Phi) is 3.98. The summed E-state index contributed by atoms with van der Waals surface area (Å²) >= 11 is 3.50. The van der Waals surface area contributed by atoms with Gasteiger partial charge in [-0.05, 0) is 40.5 Å². The van der Waals surface area contributed by atoms with Gasteiger partial charge in [0.05, 0.1) is 5.52 Å². The Labute approximate surface area is 97.4 Å². The van der Waals surface area contributed by atoms with Crippen molar-refractivity contribution in [3.8, 4) is 0 Å². The molecule has 0 saturated carbocycles. The zero-order valence-electron chi connectivity index (χ0n) is 7.59. The molecular weight excluding hydrogens is 263 g/mol. The van der Waals surface area contributed by atoms with Crippen LogP contribution in [0.25, 0.3) is 10.9 Å². The molecule has 0 amide bonds. The van der Waals surface area contributed by atoms with Crippen molar-refractivity contribution in [3.63, 3.8) is 0 Å². The Morgan fingerprint density at radius 2 is 2.14 bits per heavy atom. The molecule has 1 aromatic heterocycles. The first-order valence-corrected chi connectivity index (χ1v) is 5.07. The Balaban J connectivity index is 0.000000980. The third kappa shape index (κ3) is 1.95. The monoisotopic (exact) mass is 274 g/mol. The number of hydrogen-bond donors (Lipinski definition) is 2. The van der Waals surface area contributed by atoms with E-state index in [-0.39, 0.29) is 12.4 Å². The van der Waals surface area contributed by atoms with Crippen molar-refractivity contribution < 1.29 is 0 Å². The van der Waals surface area contributed by atoms with Gasteiger partial charge in [0.15, 0.2) is 0 Å². The third-order valence-corrected chi connectivity index (χ3v) is 2.82. The summed E-state index contributed by atoms with van der Waals surface area (Å²) in [6.45, 7) is 0.694. The van der Waals surface area contributed by atoms with E-state index in [1.54, 1.807) is 0 Å². The van der Waals surface area contributed by atoms with E-state index in [4.69, 9.17) is 5.73 Å². The number of rotatable bonds is 2. The highest BCUT2D eigenvalue weighted by molar-refractivity contribution is 9.10. The van der Waals surface area contributed by atoms with E-state index in [9.17, 15) is 0 Å². The second-order valence-electron chi connectivity index (χ2n) is 3.01. The molecule has 0 radical (unpaired) electrons. The number of aromatic nitrogens is 1. The van der Waals surface area contributed by atoms with Crippen LogP contribution < -0.4 is 5.73 Å². The number of fused-ring (bicyclic) bond motifs is 1. The van der Waals surface area contributed by atoms with Gasteiger partial charge in [-0.25, -0.2) is 0 Å². The molecule has 2 nitrogen and oxygen atoms in total. The number of nitrogens with one attached hydrogen (secondary N) is 1. The first-order valence-electron chi connectivity index (χ1n) is 4.27. The summed E-state index contributed by atoms with van der Waals surface area (Å²) in [6.07, 6.45) is 2.96. The van der Waals surface area contributed by atoms with Crippen LogP contribution in [0.3, 0.4) is 0 Å². The summed E-state index contributed by atoms with van der Waals surface area (Å²) in [5, 5.41) is 1.26. The molecule has 0 fully saturated rings. The molecule has 0 aliphatic rings. The van der Waals surface area contributed by atoms with Crippen LogP contribution >= 0.6 is 28.3 Å². The zero-order valence-corrected chi connectivity index (χ0v) is 9.99. The van der Waals surface area contributed by atoms with Crippen LogP contribution in [0.4, 0.5) is 0 Å². The molecule has 0 atom stereocenters. The van der Waals surface area contributed by atoms with Gasteiger partial charge in [-0.3, -0.25) is 0 Å². The fraction of sp³-hybridized carbons (Fsp3) is 0.200. The first kappa shape index (κ1) is 11.6. The Hall–Kier alpha value is -0.510. The molecule has 14 heavy (non-hydrogen) atoms. The standard InChI is InChI=1S/C10H11BrN2.ClH/c11-9-3-1-2-8-7(4-5-12)6-13-10(8)9;/h1-3,6,13H,4-5,12H2;1H. The predicted molar refractivity (Wildman–Crippen MR) is 66.0 cm³/mol. The number of H-pyrrole nitrogens is 1. The SMILES string of the molecule is Cl.NCCc1c[nH]c2c(Br)cccc12. The van der Waals surface area contributed by atoms with E-state index in [1.807, 2.05) is 18.3 Å². The second-order valence-corrected chi connectivity index (χ2v) is 3.87. The van der Waals surface area contributed by atoms with Gasteiger partial charge in [-0.15, -0.1) is 12.4 Å². The molecule has 2 aromatic rings. The molecule has 0 unspecified atom stereocenters. The van der Waals surface area contributed by atoms with Crippen molar-refractivity contribution in [1.29, 1.82) is 0 Å². The highest BCUT2D eigenvalue weighted by atomic mass is 79.9. The maximum Gasteiger partial charge on any atom is 0.0601 e. The van der Waals surface area contributed by atoms with Crippen molar-refractivity contribution in [1.82, 2.24) is 4.98 Å². The van der Waals surface area contributed by atoms with E-state index in [0.29, 0.717) is 6.54 Å². The molecule has 1 aromatic carbocycles. The highest BCUT2D eigenvalue weighted by Gasteiger charge is 2.04. The van der Waals surface area contributed by atoms with Crippen LogP contribution in [-0.4, -0.2) is 11.5 Å². The minimum Gasteiger partial charge on any atom is -0.360 e. The van der Waals surface area contributed by atoms with Crippen molar-refractivity contribution in [2.24, 2.45) is 5.73 Å². The van der Waals surface area contributed by atoms with E-state index in [0.717, 1.165) is 16.4 Å². The van der Waals surface area contributed by atoms with E-state index >= 15 is 0 Å². The van der Waals surface area contributed by atoms with E-state index < -0.39 is 0 Å². The van der Waals surface area contributed by atoms with Gasteiger partial charge in [0, 0.05) is 16.1 Å². The van der Waals surface area contributed by atoms with Crippen molar-refractivity contribution in [3.05, 3.63) is 34.4 Å². The average molecular weight is 276 g/mol. The smallest absolute Gasteiger partial charge is 0.0601 e. The number of aromatic amines is 1. The summed E-state index contributed by atoms with van der Waals surface area (Å²) in [5.41, 5.74) is 7.97. The molecule has 4 heteroatoms. The topological polar surface area (TPSA) is 41.8 Å².